The molecule has 0 aliphatic rings. The molecule has 0 bridgehead atoms. The number of benzene rings is 1. The van der Waals surface area contributed by atoms with Crippen molar-refractivity contribution in [2.45, 2.75) is 0 Å². The average molecular weight is 396 g/mol. The molecule has 0 radical (unpaired) electrons. The second kappa shape index (κ2) is 6.36. The van der Waals surface area contributed by atoms with Crippen LogP contribution in [0.25, 0.3) is 0 Å². The van der Waals surface area contributed by atoms with Crippen molar-refractivity contribution in [3.63, 3.8) is 0 Å². The smallest absolute Gasteiger partial charge is 0.376 e. The minimum Gasteiger partial charge on any atom is -0.463 e. The summed E-state index contributed by atoms with van der Waals surface area (Å²) in [4.78, 5) is 19.1. The van der Waals surface area contributed by atoms with E-state index in [9.17, 15) is 4.79 Å². The summed E-state index contributed by atoms with van der Waals surface area (Å²) in [5.41, 5.74) is 6.59. The molecule has 1 aromatic carbocycles. The Morgan fingerprint density at radius 3 is 2.86 bits per heavy atom. The fourth-order valence-electron chi connectivity index (χ4n) is 1.48. The molecule has 0 atom stereocenters. The summed E-state index contributed by atoms with van der Waals surface area (Å²) in [6.07, 6.45) is 1.38. The molecule has 0 unspecified atom stereocenters. The minimum atomic E-state index is -0.664. The van der Waals surface area contributed by atoms with Gasteiger partial charge in [0.15, 0.2) is 5.75 Å². The second-order valence-corrected chi connectivity index (χ2v) is 4.96. The normalized spacial score (nSPS) is 9.76. The Balaban J connectivity index is 2.35. The number of nitrogens with two attached hydrogens (primary N) is 1. The molecule has 2 N–H and O–H groups in total. The Morgan fingerprint density at radius 2 is 2.24 bits per heavy atom. The maximum Gasteiger partial charge on any atom is 0.376 e. The van der Waals surface area contributed by atoms with E-state index in [0.29, 0.717) is 20.6 Å². The van der Waals surface area contributed by atoms with Crippen LogP contribution in [0.5, 0.6) is 11.6 Å². The monoisotopic (exact) mass is 396 g/mol. The summed E-state index contributed by atoms with van der Waals surface area (Å²) in [5.74, 6) is -0.260. The number of rotatable bonds is 3. The fourth-order valence-corrected chi connectivity index (χ4v) is 2.24. The van der Waals surface area contributed by atoms with E-state index in [0.717, 1.165) is 0 Å². The Labute approximate surface area is 133 Å². The zero-order chi connectivity index (χ0) is 15.4. The highest BCUT2D eigenvalue weighted by Crippen LogP contribution is 2.32. The maximum atomic E-state index is 11.4. The van der Waals surface area contributed by atoms with E-state index in [1.54, 1.807) is 6.07 Å². The minimum absolute atomic E-state index is 0.114. The summed E-state index contributed by atoms with van der Waals surface area (Å²) in [6, 6.07) is 6.62. The van der Waals surface area contributed by atoms with Crippen LogP contribution in [0, 0.1) is 14.9 Å². The summed E-state index contributed by atoms with van der Waals surface area (Å²) in [7, 11) is 1.24. The number of carbonyl (C=O) groups is 1. The number of hydrogen-bond acceptors (Lipinski definition) is 7. The molecule has 7 nitrogen and oxygen atoms in total. The number of hydrogen-bond donors (Lipinski definition) is 1. The fraction of sp³-hybridized carbons (Fsp3) is 0.0769. The van der Waals surface area contributed by atoms with Crippen LogP contribution in [0.1, 0.15) is 16.2 Å². The Morgan fingerprint density at radius 1 is 1.48 bits per heavy atom. The van der Waals surface area contributed by atoms with Crippen LogP contribution in [0.3, 0.4) is 0 Å². The third-order valence-electron chi connectivity index (χ3n) is 2.41. The van der Waals surface area contributed by atoms with E-state index < -0.39 is 5.97 Å². The predicted octanol–water partition coefficient (Wildman–Crippen LogP) is 2.11. The maximum absolute atomic E-state index is 11.4. The highest BCUT2D eigenvalue weighted by Gasteiger charge is 2.13. The van der Waals surface area contributed by atoms with Gasteiger partial charge in [0.25, 0.3) is 0 Å². The summed E-state index contributed by atoms with van der Waals surface area (Å²) >= 11 is 2.00. The van der Waals surface area contributed by atoms with Crippen molar-refractivity contribution in [1.82, 2.24) is 9.97 Å². The molecule has 0 fully saturated rings. The number of nitrogens with zero attached hydrogens (tertiary/aromatic N) is 3. The highest BCUT2D eigenvalue weighted by molar-refractivity contribution is 14.1. The van der Waals surface area contributed by atoms with Crippen LogP contribution in [-0.2, 0) is 4.74 Å². The summed E-state index contributed by atoms with van der Waals surface area (Å²) in [5, 5.41) is 8.87. The van der Waals surface area contributed by atoms with Gasteiger partial charge in [0, 0.05) is 12.3 Å². The molecule has 0 saturated carbocycles. The number of esters is 1. The van der Waals surface area contributed by atoms with Gasteiger partial charge in [-0.15, -0.1) is 0 Å². The molecule has 0 amide bonds. The average Bonchev–Trinajstić information content (AvgIpc) is 2.50. The van der Waals surface area contributed by atoms with Crippen molar-refractivity contribution in [2.24, 2.45) is 0 Å². The first-order valence-electron chi connectivity index (χ1n) is 5.63. The third kappa shape index (κ3) is 3.38. The standard InChI is InChI=1S/C13H9IN4O3/c1-20-13(19)12-17-3-2-10(18-12)21-11-8(14)4-7(6-15)5-9(11)16/h2-5H,16H2,1H3. The van der Waals surface area contributed by atoms with Gasteiger partial charge >= 0.3 is 5.97 Å². The van der Waals surface area contributed by atoms with Crippen molar-refractivity contribution in [3.8, 4) is 17.7 Å². The molecule has 2 rings (SSSR count). The molecular formula is C13H9IN4O3. The first kappa shape index (κ1) is 15.0. The van der Waals surface area contributed by atoms with Gasteiger partial charge in [-0.2, -0.15) is 10.2 Å². The van der Waals surface area contributed by atoms with Crippen LogP contribution in [0.15, 0.2) is 24.4 Å². The number of halogens is 1. The molecule has 0 aliphatic heterocycles. The Kier molecular flexibility index (Phi) is 4.54. The lowest BCUT2D eigenvalue weighted by atomic mass is 10.2. The van der Waals surface area contributed by atoms with Crippen LogP contribution in [0.2, 0.25) is 0 Å². The lowest BCUT2D eigenvalue weighted by Gasteiger charge is -2.10. The van der Waals surface area contributed by atoms with Gasteiger partial charge in [-0.1, -0.05) is 0 Å². The third-order valence-corrected chi connectivity index (χ3v) is 3.21. The number of methoxy groups -OCH3 is 1. The Hall–Kier alpha value is -2.41. The van der Waals surface area contributed by atoms with Gasteiger partial charge in [-0.25, -0.2) is 9.78 Å². The van der Waals surface area contributed by atoms with Crippen molar-refractivity contribution in [2.75, 3.05) is 12.8 Å². The number of nitrogen functional groups attached to an aromatic ring is 1. The molecule has 21 heavy (non-hydrogen) atoms. The Bertz CT molecular complexity index is 719. The van der Waals surface area contributed by atoms with Crippen molar-refractivity contribution < 1.29 is 14.3 Å². The zero-order valence-corrected chi connectivity index (χ0v) is 13.0. The van der Waals surface area contributed by atoms with E-state index in [1.807, 2.05) is 28.7 Å². The molecule has 0 saturated heterocycles. The van der Waals surface area contributed by atoms with Crippen LogP contribution < -0.4 is 10.5 Å². The molecular weight excluding hydrogens is 387 g/mol. The molecule has 8 heteroatoms. The number of nitriles is 1. The van der Waals surface area contributed by atoms with Crippen molar-refractivity contribution in [3.05, 3.63) is 39.4 Å². The largest absolute Gasteiger partial charge is 0.463 e. The second-order valence-electron chi connectivity index (χ2n) is 3.80. The lowest BCUT2D eigenvalue weighted by Crippen LogP contribution is -2.07. The molecule has 1 heterocycles. The zero-order valence-electron chi connectivity index (χ0n) is 10.8. The van der Waals surface area contributed by atoms with Crippen LogP contribution in [0.4, 0.5) is 5.69 Å². The quantitative estimate of drug-likeness (QED) is 0.481. The molecule has 0 aliphatic carbocycles. The van der Waals surface area contributed by atoms with Gasteiger partial charge < -0.3 is 15.2 Å². The molecule has 0 spiro atoms. The van der Waals surface area contributed by atoms with Gasteiger partial charge in [-0.3, -0.25) is 0 Å². The summed E-state index contributed by atoms with van der Waals surface area (Å²) in [6.45, 7) is 0. The highest BCUT2D eigenvalue weighted by atomic mass is 127. The molecule has 2 aromatic rings. The van der Waals surface area contributed by atoms with Crippen molar-refractivity contribution in [1.29, 1.82) is 5.26 Å². The number of anilines is 1. The first-order chi connectivity index (χ1) is 10.0. The van der Waals surface area contributed by atoms with E-state index in [2.05, 4.69) is 14.7 Å². The van der Waals surface area contributed by atoms with E-state index in [-0.39, 0.29) is 11.7 Å². The topological polar surface area (TPSA) is 111 Å². The van der Waals surface area contributed by atoms with Gasteiger partial charge in [-0.05, 0) is 34.7 Å². The van der Waals surface area contributed by atoms with E-state index >= 15 is 0 Å². The van der Waals surface area contributed by atoms with E-state index in [4.69, 9.17) is 15.7 Å². The van der Waals surface area contributed by atoms with Crippen LogP contribution in [-0.4, -0.2) is 23.0 Å². The van der Waals surface area contributed by atoms with Crippen LogP contribution >= 0.6 is 22.6 Å². The lowest BCUT2D eigenvalue weighted by molar-refractivity contribution is 0.0585. The number of carbonyl (C=O) groups excluding carboxylic acids is 1. The first-order valence-corrected chi connectivity index (χ1v) is 6.71. The number of ether oxygens (including phenoxy) is 2. The van der Waals surface area contributed by atoms with E-state index in [1.165, 1.54) is 25.4 Å². The molecule has 1 aromatic heterocycles. The van der Waals surface area contributed by atoms with Crippen molar-refractivity contribution >= 4 is 34.2 Å². The SMILES string of the molecule is COC(=O)c1nccc(Oc2c(N)cc(C#N)cc2I)n1. The summed E-state index contributed by atoms with van der Waals surface area (Å²) < 4.78 is 10.8. The van der Waals surface area contributed by atoms with Gasteiger partial charge in [0.2, 0.25) is 11.7 Å². The predicted molar refractivity (Wildman–Crippen MR) is 81.7 cm³/mol. The molecule has 106 valence electrons. The number of aromatic nitrogens is 2. The van der Waals surface area contributed by atoms with Gasteiger partial charge in [0.1, 0.15) is 0 Å². The van der Waals surface area contributed by atoms with Gasteiger partial charge in [0.05, 0.1) is 28.0 Å².